The SMILES string of the molecule is CN=C(NCc1cccc(OC(C)C)c1)NC1CCN(CC(F)(F)F)C1.I. The predicted octanol–water partition coefficient (Wildman–Crippen LogP) is 3.39. The Morgan fingerprint density at radius 3 is 2.74 bits per heavy atom. The molecule has 2 N–H and O–H groups in total. The van der Waals surface area contributed by atoms with E-state index in [1.807, 2.05) is 38.1 Å². The zero-order chi connectivity index (χ0) is 19.2. The summed E-state index contributed by atoms with van der Waals surface area (Å²) >= 11 is 0. The van der Waals surface area contributed by atoms with Crippen LogP contribution in [-0.4, -0.2) is 55.9 Å². The Kier molecular flexibility index (Phi) is 9.65. The smallest absolute Gasteiger partial charge is 0.401 e. The van der Waals surface area contributed by atoms with Crippen molar-refractivity contribution in [2.24, 2.45) is 4.99 Å². The van der Waals surface area contributed by atoms with Crippen LogP contribution in [0.2, 0.25) is 0 Å². The van der Waals surface area contributed by atoms with Crippen LogP contribution in [0, 0.1) is 0 Å². The van der Waals surface area contributed by atoms with Gasteiger partial charge in [-0.05, 0) is 38.0 Å². The van der Waals surface area contributed by atoms with E-state index in [2.05, 4.69) is 15.6 Å². The van der Waals surface area contributed by atoms with Crippen LogP contribution in [0.3, 0.4) is 0 Å². The zero-order valence-electron chi connectivity index (χ0n) is 15.8. The molecule has 0 spiro atoms. The summed E-state index contributed by atoms with van der Waals surface area (Å²) in [4.78, 5) is 5.57. The van der Waals surface area contributed by atoms with E-state index in [9.17, 15) is 13.2 Å². The van der Waals surface area contributed by atoms with Crippen LogP contribution in [0.1, 0.15) is 25.8 Å². The standard InChI is InChI=1S/C18H27F3N4O.HI/c1-13(2)26-16-6-4-5-14(9-16)10-23-17(22-3)24-15-7-8-25(11-15)12-18(19,20)21;/h4-6,9,13,15H,7-8,10-12H2,1-3H3,(H2,22,23,24);1H. The minimum Gasteiger partial charge on any atom is -0.491 e. The van der Waals surface area contributed by atoms with Crippen molar-refractivity contribution >= 4 is 29.9 Å². The fraction of sp³-hybridized carbons (Fsp3) is 0.611. The number of aliphatic imine (C=N–C) groups is 1. The van der Waals surface area contributed by atoms with E-state index in [4.69, 9.17) is 4.74 Å². The molecule has 0 amide bonds. The van der Waals surface area contributed by atoms with Gasteiger partial charge in [-0.2, -0.15) is 13.2 Å². The first-order chi connectivity index (χ1) is 12.2. The van der Waals surface area contributed by atoms with E-state index in [1.54, 1.807) is 7.05 Å². The number of rotatable bonds is 6. The maximum Gasteiger partial charge on any atom is 0.401 e. The first kappa shape index (κ1) is 23.8. The fourth-order valence-corrected chi connectivity index (χ4v) is 2.92. The summed E-state index contributed by atoms with van der Waals surface area (Å²) in [5.74, 6) is 1.39. The second-order valence-corrected chi connectivity index (χ2v) is 6.72. The minimum absolute atomic E-state index is 0. The van der Waals surface area contributed by atoms with Gasteiger partial charge in [-0.15, -0.1) is 24.0 Å². The molecule has 1 fully saturated rings. The second kappa shape index (κ2) is 10.9. The Morgan fingerprint density at radius 2 is 2.11 bits per heavy atom. The average Bonchev–Trinajstić information content (AvgIpc) is 2.96. The number of nitrogens with zero attached hydrogens (tertiary/aromatic N) is 2. The highest BCUT2D eigenvalue weighted by atomic mass is 127. The largest absolute Gasteiger partial charge is 0.491 e. The molecule has 0 aliphatic carbocycles. The number of hydrogen-bond donors (Lipinski definition) is 2. The molecule has 27 heavy (non-hydrogen) atoms. The van der Waals surface area contributed by atoms with Crippen molar-refractivity contribution in [3.8, 4) is 5.75 Å². The summed E-state index contributed by atoms with van der Waals surface area (Å²) in [6.07, 6.45) is -3.39. The van der Waals surface area contributed by atoms with Gasteiger partial charge in [0.05, 0.1) is 12.6 Å². The molecule has 1 saturated heterocycles. The lowest BCUT2D eigenvalue weighted by Crippen LogP contribution is -2.44. The number of alkyl halides is 3. The van der Waals surface area contributed by atoms with E-state index in [1.165, 1.54) is 4.90 Å². The molecule has 9 heteroatoms. The molecule has 0 aromatic heterocycles. The summed E-state index contributed by atoms with van der Waals surface area (Å²) in [5.41, 5.74) is 1.04. The zero-order valence-corrected chi connectivity index (χ0v) is 18.2. The molecule has 0 saturated carbocycles. The monoisotopic (exact) mass is 500 g/mol. The lowest BCUT2D eigenvalue weighted by molar-refractivity contribution is -0.143. The molecule has 1 aliphatic heterocycles. The Hall–Kier alpha value is -1.23. The number of guanidine groups is 1. The van der Waals surface area contributed by atoms with Gasteiger partial charge < -0.3 is 15.4 Å². The van der Waals surface area contributed by atoms with Crippen molar-refractivity contribution in [3.05, 3.63) is 29.8 Å². The van der Waals surface area contributed by atoms with Crippen LogP contribution in [0.15, 0.2) is 29.3 Å². The highest BCUT2D eigenvalue weighted by Crippen LogP contribution is 2.20. The van der Waals surface area contributed by atoms with Gasteiger partial charge in [0.1, 0.15) is 5.75 Å². The van der Waals surface area contributed by atoms with Crippen molar-refractivity contribution in [2.75, 3.05) is 26.7 Å². The first-order valence-electron chi connectivity index (χ1n) is 8.77. The molecule has 1 unspecified atom stereocenters. The van der Waals surface area contributed by atoms with Crippen LogP contribution in [-0.2, 0) is 6.54 Å². The van der Waals surface area contributed by atoms with Crippen LogP contribution >= 0.6 is 24.0 Å². The maximum atomic E-state index is 12.5. The van der Waals surface area contributed by atoms with Gasteiger partial charge in [0.15, 0.2) is 5.96 Å². The number of benzene rings is 1. The van der Waals surface area contributed by atoms with Crippen molar-refractivity contribution < 1.29 is 17.9 Å². The van der Waals surface area contributed by atoms with Crippen molar-refractivity contribution in [2.45, 2.75) is 45.1 Å². The van der Waals surface area contributed by atoms with Crippen molar-refractivity contribution in [1.29, 1.82) is 0 Å². The molecular weight excluding hydrogens is 472 g/mol. The molecule has 1 heterocycles. The number of nitrogens with one attached hydrogen (secondary N) is 2. The molecule has 1 aliphatic rings. The highest BCUT2D eigenvalue weighted by molar-refractivity contribution is 14.0. The maximum absolute atomic E-state index is 12.5. The normalized spacial score (nSPS) is 18.3. The Bertz CT molecular complexity index is 611. The first-order valence-corrected chi connectivity index (χ1v) is 8.77. The lowest BCUT2D eigenvalue weighted by atomic mass is 10.2. The van der Waals surface area contributed by atoms with Gasteiger partial charge in [0, 0.05) is 32.7 Å². The van der Waals surface area contributed by atoms with Gasteiger partial charge in [-0.1, -0.05) is 12.1 Å². The Balaban J connectivity index is 0.00000364. The molecular formula is C18H28F3IN4O. The average molecular weight is 500 g/mol. The summed E-state index contributed by atoms with van der Waals surface area (Å²) in [7, 11) is 1.65. The van der Waals surface area contributed by atoms with Gasteiger partial charge in [0.25, 0.3) is 0 Å². The highest BCUT2D eigenvalue weighted by Gasteiger charge is 2.34. The Labute approximate surface area is 175 Å². The predicted molar refractivity (Wildman–Crippen MR) is 112 cm³/mol. The minimum atomic E-state index is -4.15. The van der Waals surface area contributed by atoms with Gasteiger partial charge in [-0.3, -0.25) is 9.89 Å². The van der Waals surface area contributed by atoms with E-state index in [-0.39, 0.29) is 36.1 Å². The van der Waals surface area contributed by atoms with Crippen molar-refractivity contribution in [3.63, 3.8) is 0 Å². The van der Waals surface area contributed by atoms with Crippen LogP contribution in [0.25, 0.3) is 0 Å². The summed E-state index contributed by atoms with van der Waals surface area (Å²) in [6.45, 7) is 4.43. The fourth-order valence-electron chi connectivity index (χ4n) is 2.92. The number of likely N-dealkylation sites (tertiary alicyclic amines) is 1. The second-order valence-electron chi connectivity index (χ2n) is 6.72. The van der Waals surface area contributed by atoms with E-state index in [0.717, 1.165) is 11.3 Å². The summed E-state index contributed by atoms with van der Waals surface area (Å²) in [5, 5.41) is 6.40. The van der Waals surface area contributed by atoms with Gasteiger partial charge in [0.2, 0.25) is 0 Å². The number of halogens is 4. The number of ether oxygens (including phenoxy) is 1. The van der Waals surface area contributed by atoms with Crippen LogP contribution in [0.4, 0.5) is 13.2 Å². The quantitative estimate of drug-likeness (QED) is 0.358. The lowest BCUT2D eigenvalue weighted by Gasteiger charge is -2.20. The van der Waals surface area contributed by atoms with Crippen LogP contribution < -0.4 is 15.4 Å². The van der Waals surface area contributed by atoms with Gasteiger partial charge in [-0.25, -0.2) is 0 Å². The molecule has 5 nitrogen and oxygen atoms in total. The molecule has 1 aromatic rings. The van der Waals surface area contributed by atoms with E-state index >= 15 is 0 Å². The Morgan fingerprint density at radius 1 is 1.37 bits per heavy atom. The van der Waals surface area contributed by atoms with Crippen molar-refractivity contribution in [1.82, 2.24) is 15.5 Å². The third-order valence-electron chi connectivity index (χ3n) is 3.97. The third-order valence-corrected chi connectivity index (χ3v) is 3.97. The summed E-state index contributed by atoms with van der Waals surface area (Å²) in [6, 6.07) is 7.73. The molecule has 2 rings (SSSR count). The molecule has 1 aromatic carbocycles. The third kappa shape index (κ3) is 9.00. The van der Waals surface area contributed by atoms with Crippen LogP contribution in [0.5, 0.6) is 5.75 Å². The van der Waals surface area contributed by atoms with Gasteiger partial charge >= 0.3 is 6.18 Å². The summed E-state index contributed by atoms with van der Waals surface area (Å²) < 4.78 is 43.1. The molecule has 0 bridgehead atoms. The van der Waals surface area contributed by atoms with E-state index < -0.39 is 12.7 Å². The molecule has 0 radical (unpaired) electrons. The number of hydrogen-bond acceptors (Lipinski definition) is 3. The van der Waals surface area contributed by atoms with E-state index in [0.29, 0.717) is 32.0 Å². The topological polar surface area (TPSA) is 48.9 Å². The molecule has 1 atom stereocenters. The molecule has 154 valence electrons.